The van der Waals surface area contributed by atoms with E-state index >= 15 is 0 Å². The maximum atomic E-state index is 5.97. The first-order valence-corrected chi connectivity index (χ1v) is 7.75. The van der Waals surface area contributed by atoms with Crippen LogP contribution < -0.4 is 5.32 Å². The van der Waals surface area contributed by atoms with E-state index in [4.69, 9.17) is 11.6 Å². The summed E-state index contributed by atoms with van der Waals surface area (Å²) in [6.07, 6.45) is 3.31. The van der Waals surface area contributed by atoms with Gasteiger partial charge in [-0.25, -0.2) is 9.97 Å². The van der Waals surface area contributed by atoms with Crippen molar-refractivity contribution in [2.45, 2.75) is 6.04 Å². The molecule has 0 saturated carbocycles. The van der Waals surface area contributed by atoms with Crippen molar-refractivity contribution in [2.24, 2.45) is 0 Å². The zero-order valence-electron chi connectivity index (χ0n) is 13.1. The molecule has 0 radical (unpaired) electrons. The van der Waals surface area contributed by atoms with Crippen molar-refractivity contribution in [1.82, 2.24) is 19.9 Å². The second-order valence-electron chi connectivity index (χ2n) is 5.51. The maximum absolute atomic E-state index is 5.97. The lowest BCUT2D eigenvalue weighted by molar-refractivity contribution is 0.311. The highest BCUT2D eigenvalue weighted by Crippen LogP contribution is 2.21. The zero-order valence-corrected chi connectivity index (χ0v) is 13.8. The van der Waals surface area contributed by atoms with E-state index < -0.39 is 0 Å². The minimum atomic E-state index is 0.214. The van der Waals surface area contributed by atoms with Crippen LogP contribution in [-0.4, -0.2) is 40.5 Å². The standard InChI is InChI=1S/C17H18ClN5/c1-23(2)15(12-3-5-13(18)6-4-12)11-21-16-8-7-14-17(22-16)20-10-9-19-14/h3-10,15H,11H2,1-2H3,(H,20,21,22). The van der Waals surface area contributed by atoms with Crippen molar-refractivity contribution in [2.75, 3.05) is 26.0 Å². The third kappa shape index (κ3) is 3.75. The van der Waals surface area contributed by atoms with Crippen LogP contribution in [0.5, 0.6) is 0 Å². The Labute approximate surface area is 140 Å². The van der Waals surface area contributed by atoms with Gasteiger partial charge in [-0.3, -0.25) is 4.98 Å². The number of likely N-dealkylation sites (N-methyl/N-ethyl adjacent to an activating group) is 1. The first kappa shape index (κ1) is 15.6. The van der Waals surface area contributed by atoms with Gasteiger partial charge < -0.3 is 10.2 Å². The normalized spacial score (nSPS) is 12.5. The van der Waals surface area contributed by atoms with Crippen LogP contribution in [0.25, 0.3) is 11.2 Å². The second-order valence-corrected chi connectivity index (χ2v) is 5.94. The number of halogens is 1. The number of rotatable bonds is 5. The van der Waals surface area contributed by atoms with E-state index in [1.807, 2.05) is 36.4 Å². The molecule has 0 aliphatic rings. The summed E-state index contributed by atoms with van der Waals surface area (Å²) in [5, 5.41) is 4.12. The summed E-state index contributed by atoms with van der Waals surface area (Å²) in [6, 6.07) is 12.0. The van der Waals surface area contributed by atoms with E-state index in [1.165, 1.54) is 5.56 Å². The molecule has 118 valence electrons. The Hall–Kier alpha value is -2.24. The Bertz CT molecular complexity index is 788. The van der Waals surface area contributed by atoms with Crippen molar-refractivity contribution in [3.8, 4) is 0 Å². The number of nitrogens with one attached hydrogen (secondary N) is 1. The molecular formula is C17H18ClN5. The summed E-state index contributed by atoms with van der Waals surface area (Å²) in [5.74, 6) is 0.791. The fourth-order valence-electron chi connectivity index (χ4n) is 2.44. The smallest absolute Gasteiger partial charge is 0.180 e. The van der Waals surface area contributed by atoms with Crippen molar-refractivity contribution in [3.05, 3.63) is 59.4 Å². The first-order valence-electron chi connectivity index (χ1n) is 7.37. The molecule has 1 aromatic carbocycles. The lowest BCUT2D eigenvalue weighted by Crippen LogP contribution is -2.27. The molecule has 6 heteroatoms. The molecule has 0 bridgehead atoms. The molecule has 0 aliphatic heterocycles. The van der Waals surface area contributed by atoms with Gasteiger partial charge in [-0.2, -0.15) is 0 Å². The maximum Gasteiger partial charge on any atom is 0.180 e. The van der Waals surface area contributed by atoms with E-state index in [1.54, 1.807) is 12.4 Å². The molecule has 1 atom stereocenters. The monoisotopic (exact) mass is 327 g/mol. The van der Waals surface area contributed by atoms with Gasteiger partial charge in [0.05, 0.1) is 6.04 Å². The number of fused-ring (bicyclic) bond motifs is 1. The number of nitrogens with zero attached hydrogens (tertiary/aromatic N) is 4. The van der Waals surface area contributed by atoms with E-state index in [-0.39, 0.29) is 6.04 Å². The van der Waals surface area contributed by atoms with Crippen LogP contribution in [0.4, 0.5) is 5.82 Å². The molecule has 3 rings (SSSR count). The van der Waals surface area contributed by atoms with Gasteiger partial charge >= 0.3 is 0 Å². The Morgan fingerprint density at radius 1 is 1.04 bits per heavy atom. The van der Waals surface area contributed by atoms with E-state index in [9.17, 15) is 0 Å². The average Bonchev–Trinajstić information content (AvgIpc) is 2.56. The number of benzene rings is 1. The van der Waals surface area contributed by atoms with Gasteiger partial charge in [0.2, 0.25) is 0 Å². The van der Waals surface area contributed by atoms with Gasteiger partial charge in [-0.1, -0.05) is 23.7 Å². The summed E-state index contributed by atoms with van der Waals surface area (Å²) in [5.41, 5.74) is 2.64. The molecule has 1 N–H and O–H groups in total. The third-order valence-electron chi connectivity index (χ3n) is 3.69. The zero-order chi connectivity index (χ0) is 16.2. The predicted octanol–water partition coefficient (Wildman–Crippen LogP) is 3.39. The number of anilines is 1. The lowest BCUT2D eigenvalue weighted by atomic mass is 10.1. The highest BCUT2D eigenvalue weighted by molar-refractivity contribution is 6.30. The van der Waals surface area contributed by atoms with Gasteiger partial charge in [0.1, 0.15) is 11.3 Å². The van der Waals surface area contributed by atoms with Gasteiger partial charge in [0, 0.05) is 24.0 Å². The summed E-state index contributed by atoms with van der Waals surface area (Å²) in [7, 11) is 4.11. The summed E-state index contributed by atoms with van der Waals surface area (Å²) in [4.78, 5) is 15.1. The summed E-state index contributed by atoms with van der Waals surface area (Å²) < 4.78 is 0. The van der Waals surface area contributed by atoms with Crippen LogP contribution in [-0.2, 0) is 0 Å². The first-order chi connectivity index (χ1) is 11.1. The second kappa shape index (κ2) is 6.89. The third-order valence-corrected chi connectivity index (χ3v) is 3.94. The molecule has 1 unspecified atom stereocenters. The van der Waals surface area contributed by atoms with Gasteiger partial charge in [0.15, 0.2) is 5.65 Å². The van der Waals surface area contributed by atoms with Crippen molar-refractivity contribution in [3.63, 3.8) is 0 Å². The largest absolute Gasteiger partial charge is 0.368 e. The molecule has 0 amide bonds. The molecule has 23 heavy (non-hydrogen) atoms. The van der Waals surface area contributed by atoms with Crippen LogP contribution >= 0.6 is 11.6 Å². The van der Waals surface area contributed by atoms with Crippen LogP contribution in [0.3, 0.4) is 0 Å². The minimum absolute atomic E-state index is 0.214. The topological polar surface area (TPSA) is 53.9 Å². The van der Waals surface area contributed by atoms with Gasteiger partial charge in [-0.15, -0.1) is 0 Å². The molecule has 0 fully saturated rings. The molecule has 0 aliphatic carbocycles. The number of hydrogen-bond donors (Lipinski definition) is 1. The summed E-state index contributed by atoms with van der Waals surface area (Å²) in [6.45, 7) is 0.730. The van der Waals surface area contributed by atoms with E-state index in [0.29, 0.717) is 5.65 Å². The molecule has 5 nitrogen and oxygen atoms in total. The number of pyridine rings is 1. The predicted molar refractivity (Wildman–Crippen MR) is 93.7 cm³/mol. The molecule has 0 spiro atoms. The lowest BCUT2D eigenvalue weighted by Gasteiger charge is -2.25. The highest BCUT2D eigenvalue weighted by atomic mass is 35.5. The Kier molecular flexibility index (Phi) is 4.69. The molecular weight excluding hydrogens is 310 g/mol. The fourth-order valence-corrected chi connectivity index (χ4v) is 2.56. The van der Waals surface area contributed by atoms with Gasteiger partial charge in [-0.05, 0) is 43.9 Å². The Morgan fingerprint density at radius 2 is 1.78 bits per heavy atom. The number of hydrogen-bond acceptors (Lipinski definition) is 5. The van der Waals surface area contributed by atoms with Crippen molar-refractivity contribution < 1.29 is 0 Å². The van der Waals surface area contributed by atoms with E-state index in [0.717, 1.165) is 22.9 Å². The SMILES string of the molecule is CN(C)C(CNc1ccc2nccnc2n1)c1ccc(Cl)cc1. The van der Waals surface area contributed by atoms with Crippen LogP contribution in [0.15, 0.2) is 48.8 Å². The quantitative estimate of drug-likeness (QED) is 0.778. The number of aromatic nitrogens is 3. The minimum Gasteiger partial charge on any atom is -0.368 e. The summed E-state index contributed by atoms with van der Waals surface area (Å²) >= 11 is 5.97. The highest BCUT2D eigenvalue weighted by Gasteiger charge is 2.14. The van der Waals surface area contributed by atoms with Crippen LogP contribution in [0.2, 0.25) is 5.02 Å². The van der Waals surface area contributed by atoms with Crippen molar-refractivity contribution in [1.29, 1.82) is 0 Å². The van der Waals surface area contributed by atoms with Crippen LogP contribution in [0.1, 0.15) is 11.6 Å². The van der Waals surface area contributed by atoms with Crippen LogP contribution in [0, 0.1) is 0 Å². The van der Waals surface area contributed by atoms with E-state index in [2.05, 4.69) is 39.3 Å². The molecule has 2 aromatic heterocycles. The van der Waals surface area contributed by atoms with Crippen molar-refractivity contribution >= 4 is 28.6 Å². The molecule has 2 heterocycles. The molecule has 0 saturated heterocycles. The Balaban J connectivity index is 1.76. The van der Waals surface area contributed by atoms with Gasteiger partial charge in [0.25, 0.3) is 0 Å². The molecule has 3 aromatic rings. The fraction of sp³-hybridized carbons (Fsp3) is 0.235. The average molecular weight is 328 g/mol. The Morgan fingerprint density at radius 3 is 2.52 bits per heavy atom.